The summed E-state index contributed by atoms with van der Waals surface area (Å²) in [5.41, 5.74) is -0.158. The van der Waals surface area contributed by atoms with E-state index in [9.17, 15) is 4.79 Å². The Hall–Kier alpha value is -0.570. The van der Waals surface area contributed by atoms with Crippen molar-refractivity contribution < 1.29 is 4.79 Å². The quantitative estimate of drug-likeness (QED) is 0.765. The van der Waals surface area contributed by atoms with Crippen LogP contribution >= 0.6 is 0 Å². The second-order valence-corrected chi connectivity index (χ2v) is 6.00. The number of amides is 1. The number of rotatable bonds is 6. The van der Waals surface area contributed by atoms with Crippen LogP contribution < -0.4 is 10.6 Å². The minimum atomic E-state index is -0.119. The van der Waals surface area contributed by atoms with Crippen molar-refractivity contribution in [3.8, 4) is 0 Å². The average Bonchev–Trinajstić information content (AvgIpc) is 2.40. The predicted octanol–water partition coefficient (Wildman–Crippen LogP) is 2.85. The Morgan fingerprint density at radius 1 is 1.22 bits per heavy atom. The minimum absolute atomic E-state index is 0.0390. The highest BCUT2D eigenvalue weighted by atomic mass is 16.2. The van der Waals surface area contributed by atoms with E-state index in [1.807, 2.05) is 0 Å². The topological polar surface area (TPSA) is 41.1 Å². The van der Waals surface area contributed by atoms with Crippen LogP contribution in [0.1, 0.15) is 66.2 Å². The first kappa shape index (κ1) is 15.5. The van der Waals surface area contributed by atoms with Gasteiger partial charge in [-0.15, -0.1) is 0 Å². The first-order valence-electron chi connectivity index (χ1n) is 7.55. The highest BCUT2D eigenvalue weighted by Gasteiger charge is 2.40. The van der Waals surface area contributed by atoms with Crippen LogP contribution in [0.25, 0.3) is 0 Å². The molecular formula is C15H30N2O. The standard InChI is InChI=1S/C15H30N2O/c1-5-8-15(9-11-16-12-10-15)13(18)17-14(4,6-2)7-3/h16H,5-12H2,1-4H3,(H,17,18). The highest BCUT2D eigenvalue weighted by molar-refractivity contribution is 5.83. The van der Waals surface area contributed by atoms with Crippen LogP contribution in [0, 0.1) is 5.41 Å². The Morgan fingerprint density at radius 3 is 2.22 bits per heavy atom. The van der Waals surface area contributed by atoms with Gasteiger partial charge in [-0.2, -0.15) is 0 Å². The highest BCUT2D eigenvalue weighted by Crippen LogP contribution is 2.35. The van der Waals surface area contributed by atoms with Crippen LogP contribution in [0.4, 0.5) is 0 Å². The Morgan fingerprint density at radius 2 is 1.78 bits per heavy atom. The number of piperidine rings is 1. The van der Waals surface area contributed by atoms with Gasteiger partial charge in [-0.05, 0) is 52.1 Å². The van der Waals surface area contributed by atoms with Crippen LogP contribution in [0.5, 0.6) is 0 Å². The second kappa shape index (κ2) is 6.55. The molecule has 0 aromatic heterocycles. The van der Waals surface area contributed by atoms with E-state index >= 15 is 0 Å². The van der Waals surface area contributed by atoms with Crippen molar-refractivity contribution in [2.45, 2.75) is 71.8 Å². The third kappa shape index (κ3) is 3.47. The molecule has 18 heavy (non-hydrogen) atoms. The molecule has 0 bridgehead atoms. The maximum atomic E-state index is 12.7. The van der Waals surface area contributed by atoms with Crippen molar-refractivity contribution in [2.75, 3.05) is 13.1 Å². The van der Waals surface area contributed by atoms with Crippen molar-refractivity contribution in [3.63, 3.8) is 0 Å². The summed E-state index contributed by atoms with van der Waals surface area (Å²) in [7, 11) is 0. The lowest BCUT2D eigenvalue weighted by molar-refractivity contribution is -0.135. The van der Waals surface area contributed by atoms with Gasteiger partial charge in [-0.3, -0.25) is 4.79 Å². The third-order valence-corrected chi connectivity index (χ3v) is 4.75. The zero-order valence-electron chi connectivity index (χ0n) is 12.6. The summed E-state index contributed by atoms with van der Waals surface area (Å²) in [6, 6.07) is 0. The number of nitrogens with one attached hydrogen (secondary N) is 2. The number of carbonyl (C=O) groups is 1. The van der Waals surface area contributed by atoms with Gasteiger partial charge < -0.3 is 10.6 Å². The molecule has 1 saturated heterocycles. The van der Waals surface area contributed by atoms with E-state index in [-0.39, 0.29) is 16.9 Å². The molecule has 0 spiro atoms. The van der Waals surface area contributed by atoms with E-state index < -0.39 is 0 Å². The minimum Gasteiger partial charge on any atom is -0.350 e. The van der Waals surface area contributed by atoms with E-state index in [1.165, 1.54) is 0 Å². The first-order valence-corrected chi connectivity index (χ1v) is 7.55. The van der Waals surface area contributed by atoms with Crippen molar-refractivity contribution in [1.29, 1.82) is 0 Å². The van der Waals surface area contributed by atoms with Gasteiger partial charge in [0.15, 0.2) is 0 Å². The van der Waals surface area contributed by atoms with Gasteiger partial charge >= 0.3 is 0 Å². The molecule has 0 radical (unpaired) electrons. The Bertz CT molecular complexity index is 260. The molecule has 1 heterocycles. The molecule has 0 aliphatic carbocycles. The molecule has 0 saturated carbocycles. The zero-order chi connectivity index (χ0) is 13.6. The lowest BCUT2D eigenvalue weighted by Crippen LogP contribution is -2.54. The lowest BCUT2D eigenvalue weighted by atomic mass is 9.74. The molecule has 0 aromatic rings. The molecule has 1 aliphatic rings. The monoisotopic (exact) mass is 254 g/mol. The van der Waals surface area contributed by atoms with Gasteiger partial charge in [-0.1, -0.05) is 27.2 Å². The molecule has 3 nitrogen and oxygen atoms in total. The number of carbonyl (C=O) groups excluding carboxylic acids is 1. The third-order valence-electron chi connectivity index (χ3n) is 4.75. The summed E-state index contributed by atoms with van der Waals surface area (Å²) in [5, 5.41) is 6.68. The van der Waals surface area contributed by atoms with E-state index in [0.29, 0.717) is 0 Å². The predicted molar refractivity (Wildman–Crippen MR) is 76.6 cm³/mol. The molecular weight excluding hydrogens is 224 g/mol. The molecule has 0 unspecified atom stereocenters. The van der Waals surface area contributed by atoms with Crippen LogP contribution in [0.2, 0.25) is 0 Å². The summed E-state index contributed by atoms with van der Waals surface area (Å²) >= 11 is 0. The maximum Gasteiger partial charge on any atom is 0.226 e. The molecule has 1 rings (SSSR count). The van der Waals surface area contributed by atoms with Gasteiger partial charge in [0.2, 0.25) is 5.91 Å². The van der Waals surface area contributed by atoms with E-state index in [1.54, 1.807) is 0 Å². The molecule has 0 aromatic carbocycles. The lowest BCUT2D eigenvalue weighted by Gasteiger charge is -2.40. The second-order valence-electron chi connectivity index (χ2n) is 6.00. The van der Waals surface area contributed by atoms with E-state index in [4.69, 9.17) is 0 Å². The Labute approximate surface area is 112 Å². The van der Waals surface area contributed by atoms with Crippen molar-refractivity contribution in [1.82, 2.24) is 10.6 Å². The number of hydrogen-bond donors (Lipinski definition) is 2. The molecule has 106 valence electrons. The van der Waals surface area contributed by atoms with Gasteiger partial charge in [0.25, 0.3) is 0 Å². The van der Waals surface area contributed by atoms with E-state index in [2.05, 4.69) is 38.3 Å². The fourth-order valence-electron chi connectivity index (χ4n) is 2.81. The smallest absolute Gasteiger partial charge is 0.226 e. The SMILES string of the molecule is CCCC1(C(=O)NC(C)(CC)CC)CCNCC1. The first-order chi connectivity index (χ1) is 8.52. The molecule has 1 amide bonds. The van der Waals surface area contributed by atoms with Gasteiger partial charge in [0.1, 0.15) is 0 Å². The Balaban J connectivity index is 2.76. The van der Waals surface area contributed by atoms with Crippen molar-refractivity contribution >= 4 is 5.91 Å². The van der Waals surface area contributed by atoms with Crippen LogP contribution in [-0.4, -0.2) is 24.5 Å². The van der Waals surface area contributed by atoms with Crippen LogP contribution in [0.3, 0.4) is 0 Å². The zero-order valence-corrected chi connectivity index (χ0v) is 12.6. The molecule has 3 heteroatoms. The van der Waals surface area contributed by atoms with Gasteiger partial charge in [0.05, 0.1) is 5.41 Å². The van der Waals surface area contributed by atoms with E-state index in [0.717, 1.165) is 51.6 Å². The maximum absolute atomic E-state index is 12.7. The molecule has 1 aliphatic heterocycles. The normalized spacial score (nSPS) is 19.6. The molecule has 2 N–H and O–H groups in total. The summed E-state index contributed by atoms with van der Waals surface area (Å²) < 4.78 is 0. The summed E-state index contributed by atoms with van der Waals surface area (Å²) in [5.74, 6) is 0.289. The molecule has 0 atom stereocenters. The summed E-state index contributed by atoms with van der Waals surface area (Å²) in [4.78, 5) is 12.7. The van der Waals surface area contributed by atoms with Crippen LogP contribution in [-0.2, 0) is 4.79 Å². The summed E-state index contributed by atoms with van der Waals surface area (Å²) in [6.07, 6.45) is 6.06. The fourth-order valence-corrected chi connectivity index (χ4v) is 2.81. The number of hydrogen-bond acceptors (Lipinski definition) is 2. The van der Waals surface area contributed by atoms with Gasteiger partial charge in [0, 0.05) is 5.54 Å². The molecule has 1 fully saturated rings. The van der Waals surface area contributed by atoms with Crippen LogP contribution in [0.15, 0.2) is 0 Å². The largest absolute Gasteiger partial charge is 0.350 e. The van der Waals surface area contributed by atoms with Crippen molar-refractivity contribution in [2.24, 2.45) is 5.41 Å². The fraction of sp³-hybridized carbons (Fsp3) is 0.933. The van der Waals surface area contributed by atoms with Crippen molar-refractivity contribution in [3.05, 3.63) is 0 Å². The summed E-state index contributed by atoms with van der Waals surface area (Å²) in [6.45, 7) is 10.6. The van der Waals surface area contributed by atoms with Gasteiger partial charge in [-0.25, -0.2) is 0 Å². The Kier molecular flexibility index (Phi) is 5.64. The average molecular weight is 254 g/mol.